The van der Waals surface area contributed by atoms with Crippen molar-refractivity contribution in [2.75, 3.05) is 6.54 Å². The number of imidazole rings is 1. The van der Waals surface area contributed by atoms with Crippen LogP contribution in [-0.2, 0) is 17.8 Å². The fourth-order valence-electron chi connectivity index (χ4n) is 2.76. The fourth-order valence-corrected chi connectivity index (χ4v) is 2.76. The topological polar surface area (TPSA) is 79.5 Å². The Bertz CT molecular complexity index is 829. The van der Waals surface area contributed by atoms with E-state index in [0.717, 1.165) is 54.8 Å². The van der Waals surface area contributed by atoms with Crippen LogP contribution in [0.5, 0.6) is 0 Å². The summed E-state index contributed by atoms with van der Waals surface area (Å²) in [5.41, 5.74) is 4.69. The number of nitrogens with one attached hydrogen (secondary N) is 1. The van der Waals surface area contributed by atoms with Crippen molar-refractivity contribution < 1.29 is 10.0 Å². The van der Waals surface area contributed by atoms with E-state index in [1.165, 1.54) is 6.08 Å². The van der Waals surface area contributed by atoms with Crippen LogP contribution in [0.1, 0.15) is 51.9 Å². The molecule has 1 aromatic heterocycles. The van der Waals surface area contributed by atoms with Gasteiger partial charge in [0, 0.05) is 19.0 Å². The first kappa shape index (κ1) is 20.8. The first-order valence-corrected chi connectivity index (χ1v) is 9.43. The molecule has 0 aliphatic heterocycles. The number of carbonyl (C=O) groups excluding carboxylic acids is 1. The number of hydroxylamine groups is 1. The molecule has 2 N–H and O–H groups in total. The summed E-state index contributed by atoms with van der Waals surface area (Å²) in [7, 11) is 0. The van der Waals surface area contributed by atoms with Gasteiger partial charge in [-0.25, -0.2) is 10.5 Å². The number of hydrogen-bond donors (Lipinski definition) is 2. The zero-order valence-electron chi connectivity index (χ0n) is 16.7. The maximum absolute atomic E-state index is 11.1. The van der Waals surface area contributed by atoms with Gasteiger partial charge in [0.15, 0.2) is 0 Å². The van der Waals surface area contributed by atoms with Crippen LogP contribution in [0.25, 0.3) is 17.1 Å². The highest BCUT2D eigenvalue weighted by Gasteiger charge is 2.10. The van der Waals surface area contributed by atoms with E-state index in [-0.39, 0.29) is 5.41 Å². The highest BCUT2D eigenvalue weighted by atomic mass is 16.5. The molecule has 0 saturated carbocycles. The number of aromatic nitrogens is 2. The van der Waals surface area contributed by atoms with Crippen LogP contribution < -0.4 is 5.48 Å². The average Bonchev–Trinajstić information content (AvgIpc) is 2.95. The molecule has 1 heterocycles. The van der Waals surface area contributed by atoms with Gasteiger partial charge in [-0.15, -0.1) is 0 Å². The molecule has 0 fully saturated rings. The summed E-state index contributed by atoms with van der Waals surface area (Å²) >= 11 is 0. The number of hydrogen-bond acceptors (Lipinski definition) is 4. The molecular weight excluding hydrogens is 340 g/mol. The molecule has 0 spiro atoms. The van der Waals surface area contributed by atoms with Gasteiger partial charge >= 0.3 is 0 Å². The molecule has 1 amide bonds. The Hall–Kier alpha value is -2.47. The third-order valence-electron chi connectivity index (χ3n) is 4.15. The van der Waals surface area contributed by atoms with Crippen LogP contribution in [0.2, 0.25) is 0 Å². The second kappa shape index (κ2) is 9.46. The number of fused-ring (bicyclic) bond motifs is 1. The first-order chi connectivity index (χ1) is 12.8. The maximum atomic E-state index is 11.1. The van der Waals surface area contributed by atoms with Crippen molar-refractivity contribution in [3.05, 3.63) is 35.7 Å². The molecule has 0 saturated heterocycles. The van der Waals surface area contributed by atoms with Gasteiger partial charge in [0.25, 0.3) is 5.91 Å². The molecule has 0 unspecified atom stereocenters. The van der Waals surface area contributed by atoms with Gasteiger partial charge in [-0.05, 0) is 48.2 Å². The average molecular weight is 370 g/mol. The Labute approximate surface area is 161 Å². The van der Waals surface area contributed by atoms with E-state index in [0.29, 0.717) is 0 Å². The quantitative estimate of drug-likeness (QED) is 0.319. The minimum atomic E-state index is -0.555. The van der Waals surface area contributed by atoms with Crippen LogP contribution in [0.15, 0.2) is 29.3 Å². The van der Waals surface area contributed by atoms with Gasteiger partial charge in [-0.2, -0.15) is 0 Å². The van der Waals surface area contributed by atoms with Gasteiger partial charge in [0.1, 0.15) is 5.82 Å². The van der Waals surface area contributed by atoms with Gasteiger partial charge in [-0.1, -0.05) is 33.8 Å². The van der Waals surface area contributed by atoms with E-state index in [1.54, 1.807) is 11.6 Å². The molecule has 0 aliphatic rings. The third-order valence-corrected chi connectivity index (χ3v) is 4.15. The Morgan fingerprint density at radius 2 is 2.15 bits per heavy atom. The molecule has 0 atom stereocenters. The predicted molar refractivity (Wildman–Crippen MR) is 110 cm³/mol. The standard InChI is InChI=1S/C21H30N4O2/c1-5-6-19-23-17-15-16(8-10-20(26)24-27)7-9-18(17)25(19)14-13-22-12-11-21(2,3)4/h7-10,12,15,27H,5-6,11,13-14H2,1-4H3,(H,24,26)/b10-8+,22-12?. The lowest BCUT2D eigenvalue weighted by atomic mass is 9.93. The monoisotopic (exact) mass is 370 g/mol. The van der Waals surface area contributed by atoms with Gasteiger partial charge in [0.05, 0.1) is 17.6 Å². The molecule has 27 heavy (non-hydrogen) atoms. The van der Waals surface area contributed by atoms with E-state index in [4.69, 9.17) is 10.2 Å². The summed E-state index contributed by atoms with van der Waals surface area (Å²) in [5.74, 6) is 0.508. The van der Waals surface area contributed by atoms with Gasteiger partial charge in [0.2, 0.25) is 0 Å². The second-order valence-corrected chi connectivity index (χ2v) is 7.84. The van der Waals surface area contributed by atoms with Crippen molar-refractivity contribution in [1.29, 1.82) is 0 Å². The molecule has 0 bridgehead atoms. The van der Waals surface area contributed by atoms with E-state index >= 15 is 0 Å². The van der Waals surface area contributed by atoms with Crippen molar-refractivity contribution in [1.82, 2.24) is 15.0 Å². The van der Waals surface area contributed by atoms with Crippen LogP contribution >= 0.6 is 0 Å². The van der Waals surface area contributed by atoms with Crippen molar-refractivity contribution in [3.63, 3.8) is 0 Å². The first-order valence-electron chi connectivity index (χ1n) is 9.43. The molecule has 2 aromatic rings. The molecule has 6 heteroatoms. The smallest absolute Gasteiger partial charge is 0.267 e. The molecule has 6 nitrogen and oxygen atoms in total. The van der Waals surface area contributed by atoms with Gasteiger partial charge < -0.3 is 4.57 Å². The Morgan fingerprint density at radius 1 is 1.37 bits per heavy atom. The number of carbonyl (C=O) groups is 1. The number of aliphatic imine (C=N–C) groups is 1. The number of rotatable bonds is 8. The normalized spacial score (nSPS) is 12.5. The van der Waals surface area contributed by atoms with Crippen molar-refractivity contribution in [3.8, 4) is 0 Å². The zero-order chi connectivity index (χ0) is 19.9. The fraction of sp³-hybridized carbons (Fsp3) is 0.476. The number of benzene rings is 1. The lowest BCUT2D eigenvalue weighted by Crippen LogP contribution is -2.14. The summed E-state index contributed by atoms with van der Waals surface area (Å²) in [5, 5.41) is 8.57. The number of nitrogens with zero attached hydrogens (tertiary/aromatic N) is 3. The Balaban J connectivity index is 2.19. The maximum Gasteiger partial charge on any atom is 0.267 e. The van der Waals surface area contributed by atoms with Crippen LogP contribution in [-0.4, -0.2) is 33.4 Å². The number of aryl methyl sites for hydroxylation is 1. The minimum Gasteiger partial charge on any atom is -0.326 e. The highest BCUT2D eigenvalue weighted by Crippen LogP contribution is 2.20. The minimum absolute atomic E-state index is 0.259. The predicted octanol–water partition coefficient (Wildman–Crippen LogP) is 4.01. The van der Waals surface area contributed by atoms with E-state index in [2.05, 4.69) is 37.3 Å². The lowest BCUT2D eigenvalue weighted by Gasteiger charge is -2.14. The van der Waals surface area contributed by atoms with E-state index < -0.39 is 5.91 Å². The lowest BCUT2D eigenvalue weighted by molar-refractivity contribution is -0.124. The Morgan fingerprint density at radius 3 is 2.81 bits per heavy atom. The molecule has 146 valence electrons. The third kappa shape index (κ3) is 6.32. The highest BCUT2D eigenvalue weighted by molar-refractivity contribution is 5.91. The van der Waals surface area contributed by atoms with Crippen LogP contribution in [0, 0.1) is 5.41 Å². The molecule has 1 aromatic carbocycles. The number of amides is 1. The molecule has 2 rings (SSSR count). The summed E-state index contributed by atoms with van der Waals surface area (Å²) < 4.78 is 2.24. The Kier molecular flexibility index (Phi) is 7.30. The van der Waals surface area contributed by atoms with Crippen molar-refractivity contribution in [2.45, 2.75) is 53.5 Å². The van der Waals surface area contributed by atoms with Gasteiger partial charge in [-0.3, -0.25) is 15.0 Å². The SMILES string of the molecule is CCCc1nc2cc(/C=C/C(=O)NO)ccc2n1CCN=CCC(C)(C)C. The van der Waals surface area contributed by atoms with Crippen molar-refractivity contribution >= 4 is 29.2 Å². The van der Waals surface area contributed by atoms with Crippen LogP contribution in [0.3, 0.4) is 0 Å². The van der Waals surface area contributed by atoms with Crippen molar-refractivity contribution in [2.24, 2.45) is 10.4 Å². The van der Waals surface area contributed by atoms with E-state index in [9.17, 15) is 4.79 Å². The largest absolute Gasteiger partial charge is 0.326 e. The molecular formula is C21H30N4O2. The summed E-state index contributed by atoms with van der Waals surface area (Å²) in [6, 6.07) is 5.92. The molecule has 0 aliphatic carbocycles. The summed E-state index contributed by atoms with van der Waals surface area (Å²) in [6.07, 6.45) is 7.87. The zero-order valence-corrected chi connectivity index (χ0v) is 16.7. The summed E-state index contributed by atoms with van der Waals surface area (Å²) in [4.78, 5) is 20.5. The summed E-state index contributed by atoms with van der Waals surface area (Å²) in [6.45, 7) is 10.3. The second-order valence-electron chi connectivity index (χ2n) is 7.84. The van der Waals surface area contributed by atoms with E-state index in [1.807, 2.05) is 24.4 Å². The van der Waals surface area contributed by atoms with Crippen LogP contribution in [0.4, 0.5) is 0 Å². The molecule has 0 radical (unpaired) electrons.